The minimum absolute atomic E-state index is 0.0156. The quantitative estimate of drug-likeness (QED) is 0.704. The molecule has 0 bridgehead atoms. The number of pyridine rings is 1. The summed E-state index contributed by atoms with van der Waals surface area (Å²) in [5.74, 6) is 1.27. The zero-order valence-electron chi connectivity index (χ0n) is 17.1. The first-order valence-corrected chi connectivity index (χ1v) is 9.23. The normalized spacial score (nSPS) is 12.4. The smallest absolute Gasteiger partial charge is 0.263 e. The molecule has 27 heavy (non-hydrogen) atoms. The van der Waals surface area contributed by atoms with E-state index in [1.807, 2.05) is 50.5 Å². The number of carbonyl (C=O) groups excluding carboxylic acids is 1. The predicted molar refractivity (Wildman–Crippen MR) is 105 cm³/mol. The van der Waals surface area contributed by atoms with Crippen molar-refractivity contribution in [3.05, 3.63) is 45.4 Å². The van der Waals surface area contributed by atoms with Gasteiger partial charge in [0.2, 0.25) is 0 Å². The van der Waals surface area contributed by atoms with E-state index in [0.29, 0.717) is 25.1 Å². The molecular formula is C19H30N6O2. The number of rotatable bonds is 8. The molecule has 0 aliphatic rings. The van der Waals surface area contributed by atoms with E-state index in [9.17, 15) is 9.59 Å². The van der Waals surface area contributed by atoms with Gasteiger partial charge in [-0.2, -0.15) is 5.10 Å². The summed E-state index contributed by atoms with van der Waals surface area (Å²) in [5, 5.41) is 7.16. The van der Waals surface area contributed by atoms with Crippen molar-refractivity contribution in [3.8, 4) is 0 Å². The van der Waals surface area contributed by atoms with Gasteiger partial charge in [-0.25, -0.2) is 4.98 Å². The van der Waals surface area contributed by atoms with Crippen molar-refractivity contribution in [1.82, 2.24) is 29.5 Å². The Labute approximate surface area is 160 Å². The Hall–Kier alpha value is -2.48. The largest absolute Gasteiger partial charge is 0.352 e. The molecule has 0 aromatic carbocycles. The van der Waals surface area contributed by atoms with Gasteiger partial charge in [0.25, 0.3) is 11.5 Å². The lowest BCUT2D eigenvalue weighted by Crippen LogP contribution is -2.37. The average molecular weight is 374 g/mol. The third-order valence-corrected chi connectivity index (χ3v) is 4.45. The molecular weight excluding hydrogens is 344 g/mol. The molecule has 0 fully saturated rings. The number of nitrogens with one attached hydrogen (secondary N) is 1. The number of hydrogen-bond donors (Lipinski definition) is 1. The fourth-order valence-corrected chi connectivity index (χ4v) is 3.17. The van der Waals surface area contributed by atoms with Gasteiger partial charge in [-0.3, -0.25) is 14.3 Å². The third-order valence-electron chi connectivity index (χ3n) is 4.45. The molecule has 0 saturated heterocycles. The molecule has 1 N–H and O–H groups in total. The monoisotopic (exact) mass is 374 g/mol. The molecule has 2 aromatic rings. The molecule has 0 radical (unpaired) electrons. The first kappa shape index (κ1) is 20.8. The van der Waals surface area contributed by atoms with Crippen molar-refractivity contribution < 1.29 is 4.79 Å². The van der Waals surface area contributed by atoms with Crippen molar-refractivity contribution >= 4 is 5.91 Å². The van der Waals surface area contributed by atoms with E-state index < -0.39 is 0 Å². The number of aromatic nitrogens is 4. The maximum absolute atomic E-state index is 12.8. The van der Waals surface area contributed by atoms with Gasteiger partial charge in [0.05, 0.1) is 0 Å². The highest BCUT2D eigenvalue weighted by atomic mass is 16.2. The van der Waals surface area contributed by atoms with Crippen LogP contribution in [0.5, 0.6) is 0 Å². The standard InChI is InChI=1S/C19H30N6O2/c1-13-8-11-24(14(2)12-23(5)6)19(27)17(13)18(26)20-9-7-10-25-16(4)21-15(3)22-25/h8,11,14H,7,9-10,12H2,1-6H3,(H,20,26). The van der Waals surface area contributed by atoms with Crippen LogP contribution in [0.4, 0.5) is 0 Å². The lowest BCUT2D eigenvalue weighted by Gasteiger charge is -2.20. The molecule has 148 valence electrons. The molecule has 0 aliphatic heterocycles. The van der Waals surface area contributed by atoms with Crippen LogP contribution < -0.4 is 10.9 Å². The van der Waals surface area contributed by atoms with E-state index in [1.165, 1.54) is 0 Å². The van der Waals surface area contributed by atoms with Crippen LogP contribution in [-0.2, 0) is 6.54 Å². The Balaban J connectivity index is 2.03. The molecule has 2 rings (SSSR count). The van der Waals surface area contributed by atoms with Crippen LogP contribution in [0.25, 0.3) is 0 Å². The summed E-state index contributed by atoms with van der Waals surface area (Å²) in [4.78, 5) is 31.7. The third kappa shape index (κ3) is 5.26. The second-order valence-electron chi connectivity index (χ2n) is 7.24. The van der Waals surface area contributed by atoms with Crippen molar-refractivity contribution in [3.63, 3.8) is 0 Å². The van der Waals surface area contributed by atoms with Crippen LogP contribution in [-0.4, -0.2) is 57.3 Å². The minimum Gasteiger partial charge on any atom is -0.352 e. The summed E-state index contributed by atoms with van der Waals surface area (Å²) < 4.78 is 3.45. The lowest BCUT2D eigenvalue weighted by atomic mass is 10.1. The molecule has 8 heteroatoms. The Bertz CT molecular complexity index is 852. The van der Waals surface area contributed by atoms with Crippen molar-refractivity contribution in [2.24, 2.45) is 0 Å². The molecule has 0 saturated carbocycles. The first-order chi connectivity index (χ1) is 12.7. The fourth-order valence-electron chi connectivity index (χ4n) is 3.17. The van der Waals surface area contributed by atoms with Crippen molar-refractivity contribution in [2.45, 2.75) is 46.7 Å². The van der Waals surface area contributed by atoms with Gasteiger partial charge in [0, 0.05) is 31.9 Å². The van der Waals surface area contributed by atoms with Gasteiger partial charge >= 0.3 is 0 Å². The van der Waals surface area contributed by atoms with Crippen LogP contribution in [0, 0.1) is 20.8 Å². The topological polar surface area (TPSA) is 85.0 Å². The minimum atomic E-state index is -0.324. The van der Waals surface area contributed by atoms with Gasteiger partial charge in [-0.05, 0) is 59.8 Å². The van der Waals surface area contributed by atoms with Crippen molar-refractivity contribution in [2.75, 3.05) is 27.2 Å². The van der Waals surface area contributed by atoms with Crippen LogP contribution in [0.1, 0.15) is 47.0 Å². The lowest BCUT2D eigenvalue weighted by molar-refractivity contribution is 0.0949. The molecule has 2 aromatic heterocycles. The van der Waals surface area contributed by atoms with Crippen LogP contribution >= 0.6 is 0 Å². The van der Waals surface area contributed by atoms with Crippen LogP contribution in [0.2, 0.25) is 0 Å². The second kappa shape index (κ2) is 8.94. The zero-order chi connectivity index (χ0) is 20.1. The molecule has 0 spiro atoms. The van der Waals surface area contributed by atoms with Gasteiger partial charge in [-0.15, -0.1) is 0 Å². The molecule has 2 heterocycles. The zero-order valence-corrected chi connectivity index (χ0v) is 17.1. The maximum atomic E-state index is 12.8. The molecule has 8 nitrogen and oxygen atoms in total. The number of carbonyl (C=O) groups is 1. The summed E-state index contributed by atoms with van der Waals surface area (Å²) >= 11 is 0. The number of aryl methyl sites for hydroxylation is 4. The Morgan fingerprint density at radius 3 is 2.59 bits per heavy atom. The maximum Gasteiger partial charge on any atom is 0.263 e. The van der Waals surface area contributed by atoms with Gasteiger partial charge in [-0.1, -0.05) is 0 Å². The molecule has 0 aliphatic carbocycles. The van der Waals surface area contributed by atoms with E-state index in [4.69, 9.17) is 0 Å². The van der Waals surface area contributed by atoms with E-state index in [1.54, 1.807) is 17.7 Å². The molecule has 1 atom stereocenters. The van der Waals surface area contributed by atoms with Crippen LogP contribution in [0.3, 0.4) is 0 Å². The summed E-state index contributed by atoms with van der Waals surface area (Å²) in [6.07, 6.45) is 2.48. The van der Waals surface area contributed by atoms with Gasteiger partial charge in [0.15, 0.2) is 0 Å². The van der Waals surface area contributed by atoms with E-state index in [2.05, 4.69) is 15.4 Å². The van der Waals surface area contributed by atoms with E-state index in [-0.39, 0.29) is 23.1 Å². The van der Waals surface area contributed by atoms with Crippen molar-refractivity contribution in [1.29, 1.82) is 0 Å². The van der Waals surface area contributed by atoms with E-state index in [0.717, 1.165) is 18.2 Å². The number of hydrogen-bond acceptors (Lipinski definition) is 5. The Kier molecular flexibility index (Phi) is 6.90. The SMILES string of the molecule is Cc1nc(C)n(CCCNC(=O)c2c(C)ccn(C(C)CN(C)C)c2=O)n1. The highest BCUT2D eigenvalue weighted by Crippen LogP contribution is 2.08. The fraction of sp³-hybridized carbons (Fsp3) is 0.579. The Morgan fingerprint density at radius 2 is 2.00 bits per heavy atom. The van der Waals surface area contributed by atoms with Gasteiger partial charge in [0.1, 0.15) is 17.2 Å². The Morgan fingerprint density at radius 1 is 1.30 bits per heavy atom. The summed E-state index contributed by atoms with van der Waals surface area (Å²) in [5.41, 5.74) is 0.661. The average Bonchev–Trinajstić information content (AvgIpc) is 2.88. The number of amides is 1. The summed E-state index contributed by atoms with van der Waals surface area (Å²) in [7, 11) is 3.92. The first-order valence-electron chi connectivity index (χ1n) is 9.23. The highest BCUT2D eigenvalue weighted by Gasteiger charge is 2.18. The predicted octanol–water partition coefficient (Wildman–Crippen LogP) is 1.31. The van der Waals surface area contributed by atoms with Gasteiger partial charge < -0.3 is 14.8 Å². The van der Waals surface area contributed by atoms with E-state index >= 15 is 0 Å². The number of likely N-dealkylation sites (N-methyl/N-ethyl adjacent to an activating group) is 1. The summed E-state index contributed by atoms with van der Waals surface area (Å²) in [6, 6.07) is 1.81. The molecule has 1 unspecified atom stereocenters. The second-order valence-corrected chi connectivity index (χ2v) is 7.24. The molecule has 1 amide bonds. The number of nitrogens with zero attached hydrogens (tertiary/aromatic N) is 5. The van der Waals surface area contributed by atoms with Crippen LogP contribution in [0.15, 0.2) is 17.1 Å². The summed E-state index contributed by atoms with van der Waals surface area (Å²) in [6.45, 7) is 9.39. The highest BCUT2D eigenvalue weighted by molar-refractivity contribution is 5.95.